The number of hydrogen-bond donors (Lipinski definition) is 1. The minimum atomic E-state index is 0.459. The molecule has 1 aromatic carbocycles. The Labute approximate surface area is 126 Å². The molecule has 0 amide bonds. The average Bonchev–Trinajstić information content (AvgIpc) is 2.50. The van der Waals surface area contributed by atoms with Crippen molar-refractivity contribution in [3.8, 4) is 17.2 Å². The molecule has 0 saturated carbocycles. The summed E-state index contributed by atoms with van der Waals surface area (Å²) in [6.07, 6.45) is 2.06. The van der Waals surface area contributed by atoms with Gasteiger partial charge in [-0.05, 0) is 18.4 Å². The van der Waals surface area contributed by atoms with E-state index in [1.807, 2.05) is 30.3 Å². The lowest BCUT2D eigenvalue weighted by Crippen LogP contribution is -2.23. The molecule has 0 aliphatic rings. The second-order valence-corrected chi connectivity index (χ2v) is 5.59. The van der Waals surface area contributed by atoms with Crippen LogP contribution in [0.2, 0.25) is 0 Å². The number of nitrogens with two attached hydrogens (primary N) is 1. The van der Waals surface area contributed by atoms with E-state index in [1.54, 1.807) is 0 Å². The third-order valence-electron chi connectivity index (χ3n) is 4.06. The van der Waals surface area contributed by atoms with Gasteiger partial charge >= 0.3 is 0 Å². The molecule has 108 valence electrons. The zero-order valence-corrected chi connectivity index (χ0v) is 12.9. The van der Waals surface area contributed by atoms with E-state index in [1.165, 1.54) is 0 Å². The molecule has 3 N–H and O–H groups in total. The van der Waals surface area contributed by atoms with E-state index in [2.05, 4.69) is 31.8 Å². The number of rotatable bonds is 4. The van der Waals surface area contributed by atoms with Gasteiger partial charge < -0.3 is 0 Å². The van der Waals surface area contributed by atoms with Crippen molar-refractivity contribution in [2.45, 2.75) is 33.6 Å². The number of aromatic nitrogens is 1. The number of nitrogens with one attached hydrogen (secondary N) is 1. The lowest BCUT2D eigenvalue weighted by Gasteiger charge is -2.14. The van der Waals surface area contributed by atoms with Crippen molar-refractivity contribution in [3.05, 3.63) is 47.2 Å². The van der Waals surface area contributed by atoms with Crippen molar-refractivity contribution in [2.24, 2.45) is 5.92 Å². The van der Waals surface area contributed by atoms with Crippen LogP contribution in [0.4, 0.5) is 5.82 Å². The number of nitrogens with zero attached hydrogens (tertiary/aromatic N) is 1. The molecule has 2 aromatic rings. The fourth-order valence-corrected chi connectivity index (χ4v) is 2.57. The van der Waals surface area contributed by atoms with Crippen LogP contribution in [-0.2, 0) is 6.42 Å². The highest BCUT2D eigenvalue weighted by Crippen LogP contribution is 2.30. The average molecular weight is 280 g/mol. The van der Waals surface area contributed by atoms with E-state index in [-0.39, 0.29) is 0 Å². The molecule has 0 radical (unpaired) electrons. The fourth-order valence-electron chi connectivity index (χ4n) is 2.57. The Kier molecular flexibility index (Phi) is 4.59. The third-order valence-corrected chi connectivity index (χ3v) is 4.06. The van der Waals surface area contributed by atoms with Gasteiger partial charge in [-0.25, -0.2) is 4.98 Å². The van der Waals surface area contributed by atoms with Crippen molar-refractivity contribution in [2.75, 3.05) is 5.73 Å². The van der Waals surface area contributed by atoms with E-state index < -0.39 is 0 Å². The van der Waals surface area contributed by atoms with E-state index in [4.69, 9.17) is 5.73 Å². The number of nitriles is 1. The Bertz CT molecular complexity index is 669. The van der Waals surface area contributed by atoms with Gasteiger partial charge in [0.2, 0.25) is 0 Å². The van der Waals surface area contributed by atoms with Crippen LogP contribution >= 0.6 is 0 Å². The van der Waals surface area contributed by atoms with Gasteiger partial charge in [-0.15, -0.1) is 0 Å². The van der Waals surface area contributed by atoms with Crippen LogP contribution in [-0.4, -0.2) is 0 Å². The highest BCUT2D eigenvalue weighted by Gasteiger charge is 2.21. The second-order valence-electron chi connectivity index (χ2n) is 5.59. The molecular formula is C18H22N3+. The summed E-state index contributed by atoms with van der Waals surface area (Å²) in [5.41, 5.74) is 10.8. The molecule has 0 saturated heterocycles. The van der Waals surface area contributed by atoms with Gasteiger partial charge in [0.25, 0.3) is 5.82 Å². The minimum absolute atomic E-state index is 0.459. The van der Waals surface area contributed by atoms with Crippen molar-refractivity contribution >= 4 is 5.82 Å². The molecule has 2 rings (SSSR count). The summed E-state index contributed by atoms with van der Waals surface area (Å²) in [6.45, 7) is 6.48. The summed E-state index contributed by atoms with van der Waals surface area (Å²) in [7, 11) is 0. The molecule has 0 spiro atoms. The van der Waals surface area contributed by atoms with Crippen molar-refractivity contribution in [1.82, 2.24) is 0 Å². The van der Waals surface area contributed by atoms with E-state index >= 15 is 0 Å². The molecule has 0 bridgehead atoms. The minimum Gasteiger partial charge on any atom is -0.286 e. The number of H-pyrrole nitrogens is 1. The highest BCUT2D eigenvalue weighted by molar-refractivity contribution is 5.77. The van der Waals surface area contributed by atoms with Crippen LogP contribution in [0.15, 0.2) is 30.3 Å². The molecule has 0 fully saturated rings. The zero-order chi connectivity index (χ0) is 15.4. The van der Waals surface area contributed by atoms with Crippen LogP contribution in [0.1, 0.15) is 37.1 Å². The molecule has 0 unspecified atom stereocenters. The van der Waals surface area contributed by atoms with Gasteiger partial charge in [0.05, 0.1) is 0 Å². The monoisotopic (exact) mass is 280 g/mol. The third kappa shape index (κ3) is 3.05. The number of pyridine rings is 1. The number of anilines is 1. The SMILES string of the molecule is CC[C@@H](C)Cc1[nH+]c(N)c(C#N)c(-c2ccccc2)c1C. The van der Waals surface area contributed by atoms with Gasteiger partial charge in [0.1, 0.15) is 17.3 Å². The number of aromatic amines is 1. The summed E-state index contributed by atoms with van der Waals surface area (Å²) in [5.74, 6) is 1.04. The normalized spacial score (nSPS) is 11.9. The van der Waals surface area contributed by atoms with Crippen molar-refractivity contribution < 1.29 is 4.98 Å². The molecule has 0 aliphatic heterocycles. The van der Waals surface area contributed by atoms with Crippen LogP contribution in [0, 0.1) is 24.2 Å². The number of benzene rings is 1. The first kappa shape index (κ1) is 15.1. The fraction of sp³-hybridized carbons (Fsp3) is 0.333. The quantitative estimate of drug-likeness (QED) is 0.931. The summed E-state index contributed by atoms with van der Waals surface area (Å²) < 4.78 is 0. The van der Waals surface area contributed by atoms with Gasteiger partial charge in [-0.3, -0.25) is 5.73 Å². The first-order valence-electron chi connectivity index (χ1n) is 7.38. The summed E-state index contributed by atoms with van der Waals surface area (Å²) in [4.78, 5) is 3.23. The highest BCUT2D eigenvalue weighted by atomic mass is 14.9. The smallest absolute Gasteiger partial charge is 0.286 e. The Morgan fingerprint density at radius 3 is 2.52 bits per heavy atom. The summed E-state index contributed by atoms with van der Waals surface area (Å²) >= 11 is 0. The van der Waals surface area contributed by atoms with Crippen molar-refractivity contribution in [3.63, 3.8) is 0 Å². The first-order chi connectivity index (χ1) is 10.1. The van der Waals surface area contributed by atoms with Crippen LogP contribution in [0.5, 0.6) is 0 Å². The summed E-state index contributed by atoms with van der Waals surface area (Å²) in [6, 6.07) is 12.2. The topological polar surface area (TPSA) is 63.9 Å². The Hall–Kier alpha value is -2.34. The molecule has 3 heteroatoms. The molecule has 1 atom stereocenters. The largest absolute Gasteiger partial charge is 0.289 e. The molecule has 1 heterocycles. The molecule has 3 nitrogen and oxygen atoms in total. The maximum atomic E-state index is 9.45. The number of hydrogen-bond acceptors (Lipinski definition) is 2. The van der Waals surface area contributed by atoms with Gasteiger partial charge in [-0.2, -0.15) is 5.26 Å². The van der Waals surface area contributed by atoms with Crippen LogP contribution in [0.25, 0.3) is 11.1 Å². The van der Waals surface area contributed by atoms with Crippen molar-refractivity contribution in [1.29, 1.82) is 5.26 Å². The maximum Gasteiger partial charge on any atom is 0.289 e. The van der Waals surface area contributed by atoms with E-state index in [0.717, 1.165) is 35.2 Å². The summed E-state index contributed by atoms with van der Waals surface area (Å²) in [5, 5.41) is 9.45. The standard InChI is InChI=1S/C18H21N3/c1-4-12(2)10-16-13(3)17(14-8-6-5-7-9-14)15(11-19)18(20)21-16/h5-9,12H,4,10H2,1-3H3,(H2,20,21)/p+1/t12-/m1/s1. The van der Waals surface area contributed by atoms with Crippen LogP contribution < -0.4 is 10.7 Å². The lowest BCUT2D eigenvalue weighted by atomic mass is 9.91. The molecule has 1 aromatic heterocycles. The van der Waals surface area contributed by atoms with Gasteiger partial charge in [-0.1, -0.05) is 50.6 Å². The molecular weight excluding hydrogens is 258 g/mol. The Morgan fingerprint density at radius 2 is 1.95 bits per heavy atom. The predicted octanol–water partition coefficient (Wildman–Crippen LogP) is 3.52. The van der Waals surface area contributed by atoms with E-state index in [9.17, 15) is 5.26 Å². The van der Waals surface area contributed by atoms with Crippen LogP contribution in [0.3, 0.4) is 0 Å². The zero-order valence-electron chi connectivity index (χ0n) is 12.9. The lowest BCUT2D eigenvalue weighted by molar-refractivity contribution is -0.374. The second kappa shape index (κ2) is 6.41. The Morgan fingerprint density at radius 1 is 1.29 bits per heavy atom. The van der Waals surface area contributed by atoms with Gasteiger partial charge in [0.15, 0.2) is 0 Å². The molecule has 0 aliphatic carbocycles. The van der Waals surface area contributed by atoms with E-state index in [0.29, 0.717) is 17.3 Å². The molecule has 21 heavy (non-hydrogen) atoms. The maximum absolute atomic E-state index is 9.45. The number of nitrogen functional groups attached to an aromatic ring is 1. The Balaban J connectivity index is 2.64. The van der Waals surface area contributed by atoms with Gasteiger partial charge in [0, 0.05) is 17.5 Å². The predicted molar refractivity (Wildman–Crippen MR) is 85.5 cm³/mol. The first-order valence-corrected chi connectivity index (χ1v) is 7.38.